The Kier molecular flexibility index (Phi) is 5.77. The highest BCUT2D eigenvalue weighted by Gasteiger charge is 2.21. The van der Waals surface area contributed by atoms with Gasteiger partial charge in [0.2, 0.25) is 5.91 Å². The Labute approximate surface area is 193 Å². The quantitative estimate of drug-likeness (QED) is 0.455. The first-order valence-electron chi connectivity index (χ1n) is 10.0. The Morgan fingerprint density at radius 1 is 1.12 bits per heavy atom. The molecule has 0 spiro atoms. The minimum atomic E-state index is -0.375. The third-order valence-electron chi connectivity index (χ3n) is 4.59. The van der Waals surface area contributed by atoms with Crippen molar-refractivity contribution in [3.8, 4) is 16.3 Å². The second kappa shape index (κ2) is 8.54. The molecule has 0 aliphatic carbocycles. The Bertz CT molecular complexity index is 1330. The summed E-state index contributed by atoms with van der Waals surface area (Å²) in [5.74, 6) is 0.424. The highest BCUT2D eigenvalue weighted by Crippen LogP contribution is 2.28. The number of pyridine rings is 1. The van der Waals surface area contributed by atoms with Gasteiger partial charge in [-0.25, -0.2) is 9.67 Å². The molecule has 0 atom stereocenters. The summed E-state index contributed by atoms with van der Waals surface area (Å²) in [5.41, 5.74) is 1.96. The molecule has 170 valence electrons. The summed E-state index contributed by atoms with van der Waals surface area (Å²) in [6, 6.07) is 3.38. The molecule has 0 fully saturated rings. The van der Waals surface area contributed by atoms with Crippen molar-refractivity contribution in [1.29, 1.82) is 0 Å². The van der Waals surface area contributed by atoms with Crippen LogP contribution in [0.25, 0.3) is 16.3 Å². The van der Waals surface area contributed by atoms with Gasteiger partial charge in [-0.3, -0.25) is 14.6 Å². The van der Waals surface area contributed by atoms with Gasteiger partial charge in [0.15, 0.2) is 10.9 Å². The molecule has 0 aliphatic heterocycles. The standard InChI is InChI=1S/C21H22N8O3S/c1-11-15(29-10-14(26-28-29)16-9-23-20(33-16)24-12(2)30)6-13(8-22-11)19(31)25-18-7-17(32-27-18)21(3,4)5/h6-10H,1-5H3,(H,23,24,30)(H,25,27,31). The van der Waals surface area contributed by atoms with Crippen molar-refractivity contribution in [2.75, 3.05) is 10.6 Å². The first-order chi connectivity index (χ1) is 15.6. The van der Waals surface area contributed by atoms with Gasteiger partial charge in [0, 0.05) is 30.8 Å². The van der Waals surface area contributed by atoms with Crippen LogP contribution >= 0.6 is 11.3 Å². The second-order valence-electron chi connectivity index (χ2n) is 8.37. The van der Waals surface area contributed by atoms with Crippen molar-refractivity contribution >= 4 is 34.1 Å². The van der Waals surface area contributed by atoms with E-state index in [0.29, 0.717) is 39.3 Å². The Morgan fingerprint density at radius 3 is 2.61 bits per heavy atom. The smallest absolute Gasteiger partial charge is 0.258 e. The summed E-state index contributed by atoms with van der Waals surface area (Å²) in [6.07, 6.45) is 4.81. The number of anilines is 2. The number of nitrogens with one attached hydrogen (secondary N) is 2. The van der Waals surface area contributed by atoms with Crippen molar-refractivity contribution in [1.82, 2.24) is 30.1 Å². The van der Waals surface area contributed by atoms with Gasteiger partial charge in [-0.1, -0.05) is 42.5 Å². The fourth-order valence-electron chi connectivity index (χ4n) is 2.85. The van der Waals surface area contributed by atoms with Crippen LogP contribution in [0.2, 0.25) is 0 Å². The molecule has 0 unspecified atom stereocenters. The molecule has 2 amide bonds. The van der Waals surface area contributed by atoms with Crippen LogP contribution in [0.4, 0.5) is 10.9 Å². The van der Waals surface area contributed by atoms with Crippen molar-refractivity contribution < 1.29 is 14.1 Å². The van der Waals surface area contributed by atoms with E-state index in [1.54, 1.807) is 29.2 Å². The van der Waals surface area contributed by atoms with E-state index >= 15 is 0 Å². The number of amides is 2. The van der Waals surface area contributed by atoms with Crippen LogP contribution < -0.4 is 10.6 Å². The summed E-state index contributed by atoms with van der Waals surface area (Å²) in [6.45, 7) is 9.22. The number of nitrogens with zero attached hydrogens (tertiary/aromatic N) is 6. The number of hydrogen-bond donors (Lipinski definition) is 2. The van der Waals surface area contributed by atoms with Crippen LogP contribution in [-0.2, 0) is 10.2 Å². The monoisotopic (exact) mass is 466 g/mol. The molecule has 0 aromatic carbocycles. The Balaban J connectivity index is 1.55. The van der Waals surface area contributed by atoms with E-state index in [0.717, 1.165) is 4.88 Å². The minimum Gasteiger partial charge on any atom is -0.359 e. The molecule has 2 N–H and O–H groups in total. The van der Waals surface area contributed by atoms with E-state index < -0.39 is 0 Å². The first kappa shape index (κ1) is 22.3. The molecule has 4 aromatic heterocycles. The fraction of sp³-hybridized carbons (Fsp3) is 0.286. The number of carbonyl (C=O) groups is 2. The zero-order valence-corrected chi connectivity index (χ0v) is 19.5. The van der Waals surface area contributed by atoms with Crippen LogP contribution in [0, 0.1) is 6.92 Å². The van der Waals surface area contributed by atoms with Crippen molar-refractivity contribution in [2.24, 2.45) is 0 Å². The van der Waals surface area contributed by atoms with E-state index in [1.807, 2.05) is 27.7 Å². The predicted octanol–water partition coefficient (Wildman–Crippen LogP) is 3.59. The Morgan fingerprint density at radius 2 is 1.91 bits per heavy atom. The number of rotatable bonds is 5. The maximum absolute atomic E-state index is 12.8. The van der Waals surface area contributed by atoms with E-state index in [-0.39, 0.29) is 17.2 Å². The lowest BCUT2D eigenvalue weighted by molar-refractivity contribution is -0.114. The first-order valence-corrected chi connectivity index (χ1v) is 10.8. The maximum Gasteiger partial charge on any atom is 0.258 e. The lowest BCUT2D eigenvalue weighted by Crippen LogP contribution is -2.14. The summed E-state index contributed by atoms with van der Waals surface area (Å²) >= 11 is 1.29. The summed E-state index contributed by atoms with van der Waals surface area (Å²) in [4.78, 5) is 33.2. The third-order valence-corrected chi connectivity index (χ3v) is 5.53. The predicted molar refractivity (Wildman–Crippen MR) is 122 cm³/mol. The van der Waals surface area contributed by atoms with Gasteiger partial charge in [0.1, 0.15) is 11.5 Å². The van der Waals surface area contributed by atoms with Gasteiger partial charge in [-0.05, 0) is 13.0 Å². The third kappa shape index (κ3) is 4.95. The van der Waals surface area contributed by atoms with E-state index in [9.17, 15) is 9.59 Å². The van der Waals surface area contributed by atoms with Gasteiger partial charge in [-0.2, -0.15) is 0 Å². The highest BCUT2D eigenvalue weighted by molar-refractivity contribution is 7.19. The largest absolute Gasteiger partial charge is 0.359 e. The lowest BCUT2D eigenvalue weighted by Gasteiger charge is -2.12. The number of thiazole rings is 1. The van der Waals surface area contributed by atoms with Crippen molar-refractivity contribution in [3.05, 3.63) is 47.7 Å². The molecular weight excluding hydrogens is 444 g/mol. The molecule has 0 radical (unpaired) electrons. The van der Waals surface area contributed by atoms with E-state index in [4.69, 9.17) is 4.52 Å². The molecule has 33 heavy (non-hydrogen) atoms. The average molecular weight is 467 g/mol. The minimum absolute atomic E-state index is 0.198. The van der Waals surface area contributed by atoms with Gasteiger partial charge in [-0.15, -0.1) is 5.10 Å². The molecule has 0 saturated carbocycles. The van der Waals surface area contributed by atoms with Crippen LogP contribution in [0.15, 0.2) is 35.2 Å². The summed E-state index contributed by atoms with van der Waals surface area (Å²) in [7, 11) is 0. The van der Waals surface area contributed by atoms with E-state index in [2.05, 4.69) is 36.1 Å². The van der Waals surface area contributed by atoms with Gasteiger partial charge in [0.25, 0.3) is 5.91 Å². The highest BCUT2D eigenvalue weighted by atomic mass is 32.1. The number of hydrogen-bond acceptors (Lipinski definition) is 9. The molecular formula is C21H22N8O3S. The van der Waals surface area contributed by atoms with Gasteiger partial charge >= 0.3 is 0 Å². The zero-order valence-electron chi connectivity index (χ0n) is 18.7. The van der Waals surface area contributed by atoms with Crippen LogP contribution in [0.1, 0.15) is 49.5 Å². The Hall–Kier alpha value is -3.93. The molecule has 0 aliphatic rings. The van der Waals surface area contributed by atoms with E-state index in [1.165, 1.54) is 24.5 Å². The van der Waals surface area contributed by atoms with Gasteiger partial charge in [0.05, 0.1) is 28.0 Å². The van der Waals surface area contributed by atoms with Crippen molar-refractivity contribution in [2.45, 2.75) is 40.0 Å². The number of aryl methyl sites for hydroxylation is 1. The zero-order chi connectivity index (χ0) is 23.8. The molecule has 4 aromatic rings. The molecule has 11 nitrogen and oxygen atoms in total. The molecule has 4 heterocycles. The number of carbonyl (C=O) groups excluding carboxylic acids is 2. The molecule has 0 saturated heterocycles. The molecule has 0 bridgehead atoms. The SMILES string of the molecule is CC(=O)Nc1ncc(-c2cn(-c3cc(C(=O)Nc4cc(C(C)(C)C)on4)cnc3C)nn2)s1. The average Bonchev–Trinajstić information content (AvgIpc) is 3.47. The second-order valence-corrected chi connectivity index (χ2v) is 9.40. The summed E-state index contributed by atoms with van der Waals surface area (Å²) < 4.78 is 6.86. The van der Waals surface area contributed by atoms with Crippen LogP contribution in [-0.4, -0.2) is 41.9 Å². The summed E-state index contributed by atoms with van der Waals surface area (Å²) in [5, 5.41) is 18.1. The molecule has 12 heteroatoms. The topological polar surface area (TPSA) is 141 Å². The number of aromatic nitrogens is 6. The fourth-order valence-corrected chi connectivity index (χ4v) is 3.66. The lowest BCUT2D eigenvalue weighted by atomic mass is 9.93. The van der Waals surface area contributed by atoms with Gasteiger partial charge < -0.3 is 15.2 Å². The maximum atomic E-state index is 12.8. The normalized spacial score (nSPS) is 11.4. The van der Waals surface area contributed by atoms with Crippen LogP contribution in [0.3, 0.4) is 0 Å². The van der Waals surface area contributed by atoms with Crippen LogP contribution in [0.5, 0.6) is 0 Å². The van der Waals surface area contributed by atoms with Crippen molar-refractivity contribution in [3.63, 3.8) is 0 Å². The molecule has 4 rings (SSSR count).